The highest BCUT2D eigenvalue weighted by Crippen LogP contribution is 2.21. The molecule has 78 valence electrons. The van der Waals surface area contributed by atoms with Crippen molar-refractivity contribution in [1.82, 2.24) is 4.98 Å². The molecule has 0 aliphatic rings. The third-order valence-electron chi connectivity index (χ3n) is 2.42. The number of para-hydroxylation sites is 1. The highest BCUT2D eigenvalue weighted by molar-refractivity contribution is 5.90. The summed E-state index contributed by atoms with van der Waals surface area (Å²) in [6.07, 6.45) is 0.981. The molecule has 2 nitrogen and oxygen atoms in total. The van der Waals surface area contributed by atoms with Gasteiger partial charge in [-0.3, -0.25) is 4.98 Å². The van der Waals surface area contributed by atoms with Gasteiger partial charge in [-0.25, -0.2) is 0 Å². The number of hydrogen-bond acceptors (Lipinski definition) is 2. The van der Waals surface area contributed by atoms with Crippen LogP contribution < -0.4 is 5.73 Å². The van der Waals surface area contributed by atoms with Gasteiger partial charge < -0.3 is 5.73 Å². The van der Waals surface area contributed by atoms with Crippen LogP contribution in [0.15, 0.2) is 30.3 Å². The molecular weight excluding hydrogens is 184 g/mol. The summed E-state index contributed by atoms with van der Waals surface area (Å²) in [5.41, 5.74) is 8.90. The zero-order valence-electron chi connectivity index (χ0n) is 9.20. The molecule has 0 aliphatic carbocycles. The standard InChI is InChI=1S/C13H16N2/c1-9(2)7-10-8-12(14)11-5-3-4-6-13(11)15-10/h3-6,8-9H,7H2,1-2H3,(H2,14,15). The number of nitrogen functional groups attached to an aromatic ring is 1. The van der Waals surface area contributed by atoms with E-state index in [0.717, 1.165) is 28.7 Å². The Morgan fingerprint density at radius 2 is 2.00 bits per heavy atom. The molecule has 0 amide bonds. The number of hydrogen-bond donors (Lipinski definition) is 1. The molecule has 0 fully saturated rings. The van der Waals surface area contributed by atoms with E-state index in [4.69, 9.17) is 5.73 Å². The Morgan fingerprint density at radius 1 is 1.27 bits per heavy atom. The second-order valence-electron chi connectivity index (χ2n) is 4.32. The van der Waals surface area contributed by atoms with E-state index in [2.05, 4.69) is 18.8 Å². The average Bonchev–Trinajstić information content (AvgIpc) is 2.16. The van der Waals surface area contributed by atoms with Gasteiger partial charge in [0.25, 0.3) is 0 Å². The summed E-state index contributed by atoms with van der Waals surface area (Å²) in [5, 5.41) is 1.05. The predicted molar refractivity (Wildman–Crippen MR) is 64.7 cm³/mol. The van der Waals surface area contributed by atoms with Crippen molar-refractivity contribution in [2.45, 2.75) is 20.3 Å². The van der Waals surface area contributed by atoms with Crippen molar-refractivity contribution in [3.05, 3.63) is 36.0 Å². The van der Waals surface area contributed by atoms with Crippen molar-refractivity contribution in [3.8, 4) is 0 Å². The van der Waals surface area contributed by atoms with E-state index in [9.17, 15) is 0 Å². The second kappa shape index (κ2) is 3.89. The first-order valence-electron chi connectivity index (χ1n) is 5.31. The number of pyridine rings is 1. The summed E-state index contributed by atoms with van der Waals surface area (Å²) in [7, 11) is 0. The number of nitrogens with zero attached hydrogens (tertiary/aromatic N) is 1. The quantitative estimate of drug-likeness (QED) is 0.809. The first-order valence-corrected chi connectivity index (χ1v) is 5.31. The zero-order chi connectivity index (χ0) is 10.8. The fourth-order valence-electron chi connectivity index (χ4n) is 1.78. The molecule has 0 unspecified atom stereocenters. The summed E-state index contributed by atoms with van der Waals surface area (Å²) >= 11 is 0. The zero-order valence-corrected chi connectivity index (χ0v) is 9.20. The van der Waals surface area contributed by atoms with Gasteiger partial charge >= 0.3 is 0 Å². The molecule has 2 heteroatoms. The van der Waals surface area contributed by atoms with Gasteiger partial charge in [-0.2, -0.15) is 0 Å². The summed E-state index contributed by atoms with van der Waals surface area (Å²) in [4.78, 5) is 4.60. The van der Waals surface area contributed by atoms with Gasteiger partial charge in [-0.1, -0.05) is 32.0 Å². The van der Waals surface area contributed by atoms with Crippen LogP contribution in [0.3, 0.4) is 0 Å². The fourth-order valence-corrected chi connectivity index (χ4v) is 1.78. The van der Waals surface area contributed by atoms with Crippen LogP contribution in [0.25, 0.3) is 10.9 Å². The molecule has 0 saturated carbocycles. The predicted octanol–water partition coefficient (Wildman–Crippen LogP) is 3.02. The molecule has 1 aromatic heterocycles. The Balaban J connectivity index is 2.52. The molecule has 15 heavy (non-hydrogen) atoms. The first-order chi connectivity index (χ1) is 7.16. The Hall–Kier alpha value is -1.57. The normalized spacial score (nSPS) is 11.1. The Morgan fingerprint density at radius 3 is 2.73 bits per heavy atom. The van der Waals surface area contributed by atoms with Crippen LogP contribution in [0.5, 0.6) is 0 Å². The molecule has 1 heterocycles. The SMILES string of the molecule is CC(C)Cc1cc(N)c2ccccc2n1. The third kappa shape index (κ3) is 2.09. The molecule has 2 rings (SSSR count). The lowest BCUT2D eigenvalue weighted by atomic mass is 10.1. The van der Waals surface area contributed by atoms with Crippen molar-refractivity contribution in [2.75, 3.05) is 5.73 Å². The average molecular weight is 200 g/mol. The molecule has 1 aromatic carbocycles. The number of aromatic nitrogens is 1. The topological polar surface area (TPSA) is 38.9 Å². The number of nitrogens with two attached hydrogens (primary N) is 1. The van der Waals surface area contributed by atoms with Gasteiger partial charge in [0.05, 0.1) is 5.52 Å². The summed E-state index contributed by atoms with van der Waals surface area (Å²) in [6, 6.07) is 9.99. The van der Waals surface area contributed by atoms with E-state index in [1.807, 2.05) is 30.3 Å². The molecule has 0 saturated heterocycles. The maximum Gasteiger partial charge on any atom is 0.0725 e. The minimum atomic E-state index is 0.609. The highest BCUT2D eigenvalue weighted by atomic mass is 14.7. The molecule has 0 aliphatic heterocycles. The van der Waals surface area contributed by atoms with Crippen molar-refractivity contribution in [2.24, 2.45) is 5.92 Å². The van der Waals surface area contributed by atoms with E-state index < -0.39 is 0 Å². The van der Waals surface area contributed by atoms with Crippen LogP contribution in [-0.4, -0.2) is 4.98 Å². The van der Waals surface area contributed by atoms with E-state index in [1.54, 1.807) is 0 Å². The Bertz CT molecular complexity index is 475. The molecule has 2 aromatic rings. The van der Waals surface area contributed by atoms with Gasteiger partial charge in [-0.05, 0) is 24.5 Å². The van der Waals surface area contributed by atoms with Crippen LogP contribution in [0.4, 0.5) is 5.69 Å². The van der Waals surface area contributed by atoms with E-state index in [1.165, 1.54) is 0 Å². The second-order valence-corrected chi connectivity index (χ2v) is 4.32. The maximum absolute atomic E-state index is 5.99. The summed E-state index contributed by atoms with van der Waals surface area (Å²) in [6.45, 7) is 4.38. The lowest BCUT2D eigenvalue weighted by molar-refractivity contribution is 0.637. The molecule has 0 atom stereocenters. The van der Waals surface area contributed by atoms with Crippen LogP contribution in [0, 0.1) is 5.92 Å². The minimum absolute atomic E-state index is 0.609. The number of fused-ring (bicyclic) bond motifs is 1. The van der Waals surface area contributed by atoms with Crippen LogP contribution in [-0.2, 0) is 6.42 Å². The van der Waals surface area contributed by atoms with Crippen molar-refractivity contribution in [3.63, 3.8) is 0 Å². The number of rotatable bonds is 2. The minimum Gasteiger partial charge on any atom is -0.398 e. The highest BCUT2D eigenvalue weighted by Gasteiger charge is 2.04. The van der Waals surface area contributed by atoms with Gasteiger partial charge in [-0.15, -0.1) is 0 Å². The van der Waals surface area contributed by atoms with E-state index in [-0.39, 0.29) is 0 Å². The monoisotopic (exact) mass is 200 g/mol. The Labute approximate surface area is 90.1 Å². The van der Waals surface area contributed by atoms with E-state index in [0.29, 0.717) is 5.92 Å². The fraction of sp³-hybridized carbons (Fsp3) is 0.308. The molecular formula is C13H16N2. The largest absolute Gasteiger partial charge is 0.398 e. The summed E-state index contributed by atoms with van der Waals surface area (Å²) < 4.78 is 0. The molecule has 0 bridgehead atoms. The van der Waals surface area contributed by atoms with Gasteiger partial charge in [0, 0.05) is 16.8 Å². The van der Waals surface area contributed by atoms with Crippen LogP contribution in [0.2, 0.25) is 0 Å². The van der Waals surface area contributed by atoms with E-state index >= 15 is 0 Å². The van der Waals surface area contributed by atoms with Crippen molar-refractivity contribution in [1.29, 1.82) is 0 Å². The lowest BCUT2D eigenvalue weighted by Gasteiger charge is -2.07. The summed E-state index contributed by atoms with van der Waals surface area (Å²) in [5.74, 6) is 0.609. The van der Waals surface area contributed by atoms with Crippen molar-refractivity contribution < 1.29 is 0 Å². The van der Waals surface area contributed by atoms with Gasteiger partial charge in [0.2, 0.25) is 0 Å². The van der Waals surface area contributed by atoms with Gasteiger partial charge in [0.1, 0.15) is 0 Å². The third-order valence-corrected chi connectivity index (χ3v) is 2.42. The Kier molecular flexibility index (Phi) is 2.58. The van der Waals surface area contributed by atoms with Crippen molar-refractivity contribution >= 4 is 16.6 Å². The van der Waals surface area contributed by atoms with Crippen LogP contribution in [0.1, 0.15) is 19.5 Å². The first kappa shape index (κ1) is 9.97. The molecule has 2 N–H and O–H groups in total. The molecule has 0 radical (unpaired) electrons. The number of anilines is 1. The maximum atomic E-state index is 5.99. The smallest absolute Gasteiger partial charge is 0.0725 e. The lowest BCUT2D eigenvalue weighted by Crippen LogP contribution is -1.99. The van der Waals surface area contributed by atoms with Gasteiger partial charge in [0.15, 0.2) is 0 Å². The van der Waals surface area contributed by atoms with Crippen LogP contribution >= 0.6 is 0 Å². The molecule has 0 spiro atoms. The number of benzene rings is 1.